The van der Waals surface area contributed by atoms with Crippen LogP contribution in [0.2, 0.25) is 0 Å². The maximum atomic E-state index is 11.8. The van der Waals surface area contributed by atoms with Gasteiger partial charge in [-0.3, -0.25) is 0 Å². The highest BCUT2D eigenvalue weighted by atomic mass is 32.2. The van der Waals surface area contributed by atoms with Crippen molar-refractivity contribution in [2.45, 2.75) is 64.2 Å². The van der Waals surface area contributed by atoms with Crippen molar-refractivity contribution in [3.63, 3.8) is 0 Å². The highest BCUT2D eigenvalue weighted by Gasteiger charge is 2.34. The van der Waals surface area contributed by atoms with Crippen LogP contribution in [-0.4, -0.2) is 32.5 Å². The molecule has 4 heteroatoms. The van der Waals surface area contributed by atoms with Gasteiger partial charge in [-0.15, -0.1) is 0 Å². The van der Waals surface area contributed by atoms with E-state index in [-0.39, 0.29) is 11.3 Å². The normalized spacial score (nSPS) is 28.9. The van der Waals surface area contributed by atoms with Crippen molar-refractivity contribution in [2.24, 2.45) is 11.8 Å². The zero-order valence-electron chi connectivity index (χ0n) is 12.3. The smallest absolute Gasteiger partial charge is 0.151 e. The van der Waals surface area contributed by atoms with Crippen LogP contribution >= 0.6 is 0 Å². The van der Waals surface area contributed by atoms with Gasteiger partial charge in [-0.1, -0.05) is 33.1 Å². The summed E-state index contributed by atoms with van der Waals surface area (Å²) in [6, 6.07) is 0.128. The molecule has 1 aliphatic carbocycles. The second-order valence-corrected chi connectivity index (χ2v) is 8.21. The van der Waals surface area contributed by atoms with Crippen LogP contribution < -0.4 is 5.32 Å². The number of sulfone groups is 1. The van der Waals surface area contributed by atoms with Crippen LogP contribution in [0.1, 0.15) is 52.9 Å². The molecule has 0 spiro atoms. The monoisotopic (exact) mass is 275 g/mol. The third-order valence-corrected chi connectivity index (χ3v) is 6.24. The van der Waals surface area contributed by atoms with Crippen LogP contribution in [0.5, 0.6) is 0 Å². The Bertz CT molecular complexity index is 332. The van der Waals surface area contributed by atoms with Gasteiger partial charge in [0.05, 0.1) is 5.25 Å². The highest BCUT2D eigenvalue weighted by molar-refractivity contribution is 7.91. The fourth-order valence-electron chi connectivity index (χ4n) is 3.17. The average Bonchev–Trinajstić information content (AvgIpc) is 2.34. The lowest BCUT2D eigenvalue weighted by Crippen LogP contribution is -2.48. The first-order chi connectivity index (χ1) is 8.40. The summed E-state index contributed by atoms with van der Waals surface area (Å²) in [5, 5.41) is 3.14. The van der Waals surface area contributed by atoms with Crippen molar-refractivity contribution in [1.82, 2.24) is 5.32 Å². The van der Waals surface area contributed by atoms with E-state index in [0.717, 1.165) is 12.5 Å². The van der Waals surface area contributed by atoms with E-state index in [4.69, 9.17) is 0 Å². The molecule has 0 saturated heterocycles. The minimum atomic E-state index is -2.96. The summed E-state index contributed by atoms with van der Waals surface area (Å²) in [6.07, 6.45) is 7.51. The van der Waals surface area contributed by atoms with Gasteiger partial charge in [0.2, 0.25) is 0 Å². The molecule has 2 unspecified atom stereocenters. The molecule has 2 atom stereocenters. The Kier molecular flexibility index (Phi) is 6.12. The summed E-state index contributed by atoms with van der Waals surface area (Å²) in [7, 11) is -2.96. The third-order valence-electron chi connectivity index (χ3n) is 4.60. The zero-order chi connectivity index (χ0) is 13.8. The molecule has 0 radical (unpaired) electrons. The Morgan fingerprint density at radius 2 is 1.72 bits per heavy atom. The molecular formula is C14H29NO2S. The molecule has 1 saturated carbocycles. The lowest BCUT2D eigenvalue weighted by molar-refractivity contribution is 0.216. The fraction of sp³-hybridized carbons (Fsp3) is 1.00. The van der Waals surface area contributed by atoms with E-state index in [1.165, 1.54) is 38.4 Å². The largest absolute Gasteiger partial charge is 0.313 e. The van der Waals surface area contributed by atoms with E-state index in [1.54, 1.807) is 0 Å². The summed E-state index contributed by atoms with van der Waals surface area (Å²) in [6.45, 7) is 7.01. The Morgan fingerprint density at radius 1 is 1.17 bits per heavy atom. The molecule has 1 rings (SSSR count). The number of hydrogen-bond donors (Lipinski definition) is 1. The number of hydrogen-bond acceptors (Lipinski definition) is 3. The Labute approximate surface area is 113 Å². The highest BCUT2D eigenvalue weighted by Crippen LogP contribution is 2.34. The predicted octanol–water partition coefficient (Wildman–Crippen LogP) is 2.61. The van der Waals surface area contributed by atoms with Gasteiger partial charge in [0, 0.05) is 12.3 Å². The molecule has 0 aliphatic heterocycles. The van der Waals surface area contributed by atoms with Crippen molar-refractivity contribution in [2.75, 3.05) is 12.8 Å². The topological polar surface area (TPSA) is 46.2 Å². The average molecular weight is 275 g/mol. The van der Waals surface area contributed by atoms with Crippen molar-refractivity contribution in [3.8, 4) is 0 Å². The van der Waals surface area contributed by atoms with Gasteiger partial charge in [0.25, 0.3) is 0 Å². The summed E-state index contributed by atoms with van der Waals surface area (Å²) in [4.78, 5) is 0. The first kappa shape index (κ1) is 16.0. The molecule has 108 valence electrons. The molecule has 0 amide bonds. The quantitative estimate of drug-likeness (QED) is 0.810. The minimum absolute atomic E-state index is 0.128. The molecule has 18 heavy (non-hydrogen) atoms. The lowest BCUT2D eigenvalue weighted by atomic mass is 9.77. The van der Waals surface area contributed by atoms with Crippen molar-refractivity contribution in [1.29, 1.82) is 0 Å². The van der Waals surface area contributed by atoms with E-state index >= 15 is 0 Å². The molecule has 0 bridgehead atoms. The Balaban J connectivity index is 2.68. The molecule has 1 fully saturated rings. The summed E-state index contributed by atoms with van der Waals surface area (Å²) in [5.74, 6) is 1.38. The predicted molar refractivity (Wildman–Crippen MR) is 77.5 cm³/mol. The molecule has 1 aliphatic rings. The Morgan fingerprint density at radius 3 is 2.11 bits per heavy atom. The van der Waals surface area contributed by atoms with Gasteiger partial charge in [-0.2, -0.15) is 0 Å². The van der Waals surface area contributed by atoms with Crippen LogP contribution in [0.25, 0.3) is 0 Å². The first-order valence-corrected chi connectivity index (χ1v) is 9.27. The van der Waals surface area contributed by atoms with Crippen LogP contribution in [0.15, 0.2) is 0 Å². The lowest BCUT2D eigenvalue weighted by Gasteiger charge is -2.36. The molecule has 3 nitrogen and oxygen atoms in total. The maximum Gasteiger partial charge on any atom is 0.151 e. The summed E-state index contributed by atoms with van der Waals surface area (Å²) < 4.78 is 23.5. The van der Waals surface area contributed by atoms with E-state index in [0.29, 0.717) is 5.92 Å². The third kappa shape index (κ3) is 4.23. The first-order valence-electron chi connectivity index (χ1n) is 7.32. The summed E-state index contributed by atoms with van der Waals surface area (Å²) in [5.41, 5.74) is 0. The molecule has 0 aromatic carbocycles. The van der Waals surface area contributed by atoms with Gasteiger partial charge in [0.15, 0.2) is 9.84 Å². The number of nitrogens with one attached hydrogen (secondary N) is 1. The van der Waals surface area contributed by atoms with Crippen LogP contribution in [0, 0.1) is 11.8 Å². The number of rotatable bonds is 6. The second kappa shape index (κ2) is 6.90. The van der Waals surface area contributed by atoms with Crippen LogP contribution in [0.4, 0.5) is 0 Å². The molecule has 1 N–H and O–H groups in total. The SMILES string of the molecule is CCNC(C1CCC(CC)CC1)C(C)S(C)(=O)=O. The van der Waals surface area contributed by atoms with E-state index in [1.807, 2.05) is 6.92 Å². The maximum absolute atomic E-state index is 11.8. The van der Waals surface area contributed by atoms with Crippen molar-refractivity contribution >= 4 is 9.84 Å². The van der Waals surface area contributed by atoms with E-state index < -0.39 is 9.84 Å². The fourth-order valence-corrected chi connectivity index (χ4v) is 4.02. The summed E-state index contributed by atoms with van der Waals surface area (Å²) >= 11 is 0. The molecule has 0 heterocycles. The van der Waals surface area contributed by atoms with Gasteiger partial charge in [-0.05, 0) is 38.1 Å². The zero-order valence-corrected chi connectivity index (χ0v) is 13.1. The van der Waals surface area contributed by atoms with Gasteiger partial charge < -0.3 is 5.32 Å². The van der Waals surface area contributed by atoms with Crippen molar-refractivity contribution in [3.05, 3.63) is 0 Å². The molecule has 0 aromatic heterocycles. The van der Waals surface area contributed by atoms with Crippen LogP contribution in [-0.2, 0) is 9.84 Å². The van der Waals surface area contributed by atoms with E-state index in [9.17, 15) is 8.42 Å². The van der Waals surface area contributed by atoms with E-state index in [2.05, 4.69) is 19.2 Å². The van der Waals surface area contributed by atoms with Crippen molar-refractivity contribution < 1.29 is 8.42 Å². The van der Waals surface area contributed by atoms with Gasteiger partial charge in [-0.25, -0.2) is 8.42 Å². The molecule has 0 aromatic rings. The standard InChI is InChI=1S/C14H29NO2S/c1-5-12-7-9-13(10-8-12)14(15-6-2)11(3)18(4,16)17/h11-15H,5-10H2,1-4H3. The minimum Gasteiger partial charge on any atom is -0.313 e. The van der Waals surface area contributed by atoms with Gasteiger partial charge in [0.1, 0.15) is 0 Å². The second-order valence-electron chi connectivity index (χ2n) is 5.81. The molecular weight excluding hydrogens is 246 g/mol. The van der Waals surface area contributed by atoms with Crippen LogP contribution in [0.3, 0.4) is 0 Å². The van der Waals surface area contributed by atoms with Gasteiger partial charge >= 0.3 is 0 Å². The Hall–Kier alpha value is -0.0900.